The molecule has 1 aromatic carbocycles. The zero-order chi connectivity index (χ0) is 22.5. The van der Waals surface area contributed by atoms with Crippen LogP contribution in [0.3, 0.4) is 0 Å². The average molecular weight is 440 g/mol. The number of carbonyl (C=O) groups excluding carboxylic acids is 3. The fraction of sp³-hybridized carbons (Fsp3) is 0.550. The van der Waals surface area contributed by atoms with Gasteiger partial charge in [0.05, 0.1) is 10.5 Å². The molecule has 0 unspecified atom stereocenters. The largest absolute Gasteiger partial charge is 0.449 e. The molecule has 1 fully saturated rings. The number of imide groups is 1. The molecule has 10 heteroatoms. The normalized spacial score (nSPS) is 20.8. The molecule has 1 heterocycles. The van der Waals surface area contributed by atoms with Crippen LogP contribution in [0.2, 0.25) is 0 Å². The van der Waals surface area contributed by atoms with E-state index in [1.54, 1.807) is 6.92 Å². The third-order valence-electron chi connectivity index (χ3n) is 4.79. The van der Waals surface area contributed by atoms with Gasteiger partial charge in [-0.3, -0.25) is 10.1 Å². The van der Waals surface area contributed by atoms with E-state index in [0.29, 0.717) is 19.6 Å². The summed E-state index contributed by atoms with van der Waals surface area (Å²) in [6.07, 6.45) is -0.206. The van der Waals surface area contributed by atoms with Gasteiger partial charge in [0.2, 0.25) is 10.0 Å². The van der Waals surface area contributed by atoms with Gasteiger partial charge in [-0.1, -0.05) is 13.8 Å². The van der Waals surface area contributed by atoms with E-state index in [0.717, 1.165) is 6.42 Å². The number of nitrogens with zero attached hydrogens (tertiary/aromatic N) is 1. The maximum atomic E-state index is 12.9. The minimum Gasteiger partial charge on any atom is -0.449 e. The Labute approximate surface area is 177 Å². The van der Waals surface area contributed by atoms with Crippen molar-refractivity contribution in [1.82, 2.24) is 14.9 Å². The molecular weight excluding hydrogens is 410 g/mol. The van der Waals surface area contributed by atoms with Gasteiger partial charge in [-0.2, -0.15) is 4.31 Å². The Hall–Kier alpha value is -2.46. The standard InChI is InChI=1S/C20H29N3O6S/c1-5-21-20(26)22-18(24)15(4)29-19(25)16-6-8-17(9-7-16)30(27,28)23-11-13(2)10-14(3)12-23/h6-9,13-15H,5,10-12H2,1-4H3,(H2,21,22,24,26)/t13-,14-,15+/m1/s1. The Morgan fingerprint density at radius 1 is 1.13 bits per heavy atom. The predicted octanol–water partition coefficient (Wildman–Crippen LogP) is 1.74. The lowest BCUT2D eigenvalue weighted by atomic mass is 9.94. The van der Waals surface area contributed by atoms with Gasteiger partial charge in [0, 0.05) is 19.6 Å². The number of nitrogens with one attached hydrogen (secondary N) is 2. The summed E-state index contributed by atoms with van der Waals surface area (Å²) in [6, 6.07) is 4.73. The van der Waals surface area contributed by atoms with E-state index in [1.807, 2.05) is 13.8 Å². The summed E-state index contributed by atoms with van der Waals surface area (Å²) in [5.74, 6) is -0.991. The van der Waals surface area contributed by atoms with E-state index in [4.69, 9.17) is 4.74 Å². The zero-order valence-electron chi connectivity index (χ0n) is 17.7. The Morgan fingerprint density at radius 3 is 2.23 bits per heavy atom. The second kappa shape index (κ2) is 10.0. The number of hydrogen-bond donors (Lipinski definition) is 2. The Balaban J connectivity index is 2.03. The van der Waals surface area contributed by atoms with Crippen LogP contribution >= 0.6 is 0 Å². The van der Waals surface area contributed by atoms with Crippen molar-refractivity contribution in [3.63, 3.8) is 0 Å². The van der Waals surface area contributed by atoms with Crippen LogP contribution in [0.25, 0.3) is 0 Å². The van der Waals surface area contributed by atoms with Crippen LogP contribution in [-0.2, 0) is 19.6 Å². The second-order valence-electron chi connectivity index (χ2n) is 7.69. The molecule has 3 amide bonds. The quantitative estimate of drug-likeness (QED) is 0.651. The monoisotopic (exact) mass is 439 g/mol. The smallest absolute Gasteiger partial charge is 0.338 e. The zero-order valence-corrected chi connectivity index (χ0v) is 18.5. The highest BCUT2D eigenvalue weighted by Gasteiger charge is 2.31. The molecular formula is C20H29N3O6S. The molecule has 2 N–H and O–H groups in total. The fourth-order valence-corrected chi connectivity index (χ4v) is 5.09. The van der Waals surface area contributed by atoms with E-state index in [1.165, 1.54) is 35.5 Å². The molecule has 9 nitrogen and oxygen atoms in total. The van der Waals surface area contributed by atoms with E-state index in [-0.39, 0.29) is 22.3 Å². The molecule has 3 atom stereocenters. The first-order chi connectivity index (χ1) is 14.0. The lowest BCUT2D eigenvalue weighted by molar-refractivity contribution is -0.127. The van der Waals surface area contributed by atoms with E-state index in [9.17, 15) is 22.8 Å². The molecule has 166 valence electrons. The third-order valence-corrected chi connectivity index (χ3v) is 6.64. The molecule has 0 saturated carbocycles. The molecule has 0 aromatic heterocycles. The fourth-order valence-electron chi connectivity index (χ4n) is 3.41. The molecule has 1 aliphatic heterocycles. The molecule has 0 bridgehead atoms. The number of hydrogen-bond acceptors (Lipinski definition) is 6. The van der Waals surface area contributed by atoms with Gasteiger partial charge < -0.3 is 10.1 Å². The summed E-state index contributed by atoms with van der Waals surface area (Å²) in [5.41, 5.74) is 0.104. The SMILES string of the molecule is CCNC(=O)NC(=O)[C@H](C)OC(=O)c1ccc(S(=O)(=O)N2C[C@H](C)C[C@@H](C)C2)cc1. The highest BCUT2D eigenvalue weighted by molar-refractivity contribution is 7.89. The molecule has 30 heavy (non-hydrogen) atoms. The minimum atomic E-state index is -3.65. The number of esters is 1. The van der Waals surface area contributed by atoms with Crippen LogP contribution in [0, 0.1) is 11.8 Å². The Kier molecular flexibility index (Phi) is 7.96. The van der Waals surface area contributed by atoms with Gasteiger partial charge in [0.15, 0.2) is 6.10 Å². The van der Waals surface area contributed by atoms with Gasteiger partial charge >= 0.3 is 12.0 Å². The van der Waals surface area contributed by atoms with Crippen molar-refractivity contribution in [2.75, 3.05) is 19.6 Å². The lowest BCUT2D eigenvalue weighted by Gasteiger charge is -2.34. The highest BCUT2D eigenvalue weighted by Crippen LogP contribution is 2.26. The number of sulfonamides is 1. The first-order valence-electron chi connectivity index (χ1n) is 9.94. The van der Waals surface area contributed by atoms with Crippen molar-refractivity contribution in [1.29, 1.82) is 0 Å². The van der Waals surface area contributed by atoms with Crippen molar-refractivity contribution < 1.29 is 27.5 Å². The minimum absolute atomic E-state index is 0.0994. The van der Waals surface area contributed by atoms with Crippen LogP contribution < -0.4 is 10.6 Å². The summed E-state index contributed by atoms with van der Waals surface area (Å²) in [4.78, 5) is 35.6. The number of carbonyl (C=O) groups is 3. The first-order valence-corrected chi connectivity index (χ1v) is 11.4. The van der Waals surface area contributed by atoms with Gasteiger partial charge in [-0.15, -0.1) is 0 Å². The number of amides is 3. The van der Waals surface area contributed by atoms with Gasteiger partial charge in [0.25, 0.3) is 5.91 Å². The van der Waals surface area contributed by atoms with Crippen LogP contribution in [-0.4, -0.2) is 56.4 Å². The van der Waals surface area contributed by atoms with Crippen molar-refractivity contribution in [3.05, 3.63) is 29.8 Å². The van der Waals surface area contributed by atoms with Crippen molar-refractivity contribution in [2.45, 2.75) is 45.1 Å². The van der Waals surface area contributed by atoms with Crippen LogP contribution in [0.4, 0.5) is 4.79 Å². The maximum Gasteiger partial charge on any atom is 0.338 e. The third kappa shape index (κ3) is 6.02. The number of rotatable bonds is 6. The molecule has 2 rings (SSSR count). The number of benzene rings is 1. The van der Waals surface area contributed by atoms with E-state index in [2.05, 4.69) is 10.6 Å². The van der Waals surface area contributed by atoms with Crippen molar-refractivity contribution in [3.8, 4) is 0 Å². The van der Waals surface area contributed by atoms with Crippen LogP contribution in [0.15, 0.2) is 29.2 Å². The predicted molar refractivity (Wildman–Crippen MR) is 110 cm³/mol. The number of urea groups is 1. The topological polar surface area (TPSA) is 122 Å². The molecule has 1 aliphatic rings. The molecule has 1 aromatic rings. The lowest BCUT2D eigenvalue weighted by Crippen LogP contribution is -2.44. The van der Waals surface area contributed by atoms with Crippen LogP contribution in [0.5, 0.6) is 0 Å². The number of piperidine rings is 1. The highest BCUT2D eigenvalue weighted by atomic mass is 32.2. The maximum absolute atomic E-state index is 12.9. The molecule has 1 saturated heterocycles. The number of ether oxygens (including phenoxy) is 1. The van der Waals surface area contributed by atoms with Gasteiger partial charge in [0.1, 0.15) is 0 Å². The van der Waals surface area contributed by atoms with Crippen molar-refractivity contribution >= 4 is 27.9 Å². The van der Waals surface area contributed by atoms with E-state index < -0.39 is 34.0 Å². The second-order valence-corrected chi connectivity index (χ2v) is 9.63. The van der Waals surface area contributed by atoms with E-state index >= 15 is 0 Å². The summed E-state index contributed by atoms with van der Waals surface area (Å²) in [7, 11) is -3.65. The molecule has 0 aliphatic carbocycles. The molecule has 0 spiro atoms. The molecule has 0 radical (unpaired) electrons. The van der Waals surface area contributed by atoms with Gasteiger partial charge in [-0.05, 0) is 56.4 Å². The first kappa shape index (κ1) is 23.8. The van der Waals surface area contributed by atoms with Gasteiger partial charge in [-0.25, -0.2) is 18.0 Å². The Bertz CT molecular complexity index is 874. The summed E-state index contributed by atoms with van der Waals surface area (Å²) < 4.78 is 32.3. The Morgan fingerprint density at radius 2 is 1.70 bits per heavy atom. The summed E-state index contributed by atoms with van der Waals surface area (Å²) in [6.45, 7) is 8.37. The van der Waals surface area contributed by atoms with Crippen LogP contribution in [0.1, 0.15) is 44.5 Å². The summed E-state index contributed by atoms with van der Waals surface area (Å²) >= 11 is 0. The summed E-state index contributed by atoms with van der Waals surface area (Å²) in [5, 5.41) is 4.46. The average Bonchev–Trinajstić information content (AvgIpc) is 2.67. The van der Waals surface area contributed by atoms with Crippen molar-refractivity contribution in [2.24, 2.45) is 11.8 Å².